The van der Waals surface area contributed by atoms with Crippen LogP contribution >= 0.6 is 0 Å². The number of allylic oxidation sites excluding steroid dienone is 2. The van der Waals surface area contributed by atoms with Gasteiger partial charge >= 0.3 is 0 Å². The van der Waals surface area contributed by atoms with E-state index in [1.807, 2.05) is 37.3 Å². The molecule has 0 saturated heterocycles. The van der Waals surface area contributed by atoms with Gasteiger partial charge in [-0.3, -0.25) is 9.78 Å². The van der Waals surface area contributed by atoms with Gasteiger partial charge in [-0.25, -0.2) is 0 Å². The average molecular weight is 252 g/mol. The molecule has 19 heavy (non-hydrogen) atoms. The highest BCUT2D eigenvalue weighted by atomic mass is 16.1. The number of nitrogens with one attached hydrogen (secondary N) is 1. The zero-order valence-electron chi connectivity index (χ0n) is 10.8. The molecule has 2 rings (SSSR count). The minimum atomic E-state index is -0.0360. The van der Waals surface area contributed by atoms with Crippen LogP contribution in [-0.2, 0) is 6.54 Å². The van der Waals surface area contributed by atoms with E-state index in [4.69, 9.17) is 0 Å². The monoisotopic (exact) mass is 252 g/mol. The van der Waals surface area contributed by atoms with Crippen LogP contribution in [0.4, 0.5) is 0 Å². The van der Waals surface area contributed by atoms with Gasteiger partial charge in [0.1, 0.15) is 0 Å². The van der Waals surface area contributed by atoms with Gasteiger partial charge in [-0.1, -0.05) is 30.3 Å². The number of rotatable bonds is 5. The maximum atomic E-state index is 11.9. The van der Waals surface area contributed by atoms with Gasteiger partial charge in [-0.05, 0) is 24.6 Å². The van der Waals surface area contributed by atoms with Crippen molar-refractivity contribution < 1.29 is 4.79 Å². The predicted octanol–water partition coefficient (Wildman–Crippen LogP) is 2.96. The van der Waals surface area contributed by atoms with E-state index in [9.17, 15) is 4.79 Å². The second kappa shape index (κ2) is 6.50. The number of benzene rings is 1. The van der Waals surface area contributed by atoms with Crippen molar-refractivity contribution in [2.24, 2.45) is 0 Å². The summed E-state index contributed by atoms with van der Waals surface area (Å²) in [5.41, 5.74) is 2.63. The first kappa shape index (κ1) is 13.0. The molecule has 1 N–H and O–H groups in total. The molecule has 1 aromatic carbocycles. The first-order chi connectivity index (χ1) is 9.25. The summed E-state index contributed by atoms with van der Waals surface area (Å²) in [5, 5.41) is 3.22. The summed E-state index contributed by atoms with van der Waals surface area (Å²) >= 11 is 0. The van der Waals surface area contributed by atoms with E-state index in [0.29, 0.717) is 12.1 Å². The van der Waals surface area contributed by atoms with E-state index in [0.717, 1.165) is 5.70 Å². The van der Waals surface area contributed by atoms with Crippen molar-refractivity contribution in [1.82, 2.24) is 10.3 Å². The first-order valence-corrected chi connectivity index (χ1v) is 6.16. The number of pyridine rings is 1. The second-order valence-corrected chi connectivity index (χ2v) is 4.27. The molecule has 3 nitrogen and oxygen atoms in total. The summed E-state index contributed by atoms with van der Waals surface area (Å²) in [5.74, 6) is -0.0360. The first-order valence-electron chi connectivity index (χ1n) is 6.16. The van der Waals surface area contributed by atoms with Crippen molar-refractivity contribution in [1.29, 1.82) is 0 Å². The minimum Gasteiger partial charge on any atom is -0.384 e. The number of carbonyl (C=O) groups excluding carboxylic acids is 1. The Hall–Kier alpha value is -2.42. The van der Waals surface area contributed by atoms with E-state index >= 15 is 0 Å². The van der Waals surface area contributed by atoms with Gasteiger partial charge in [-0.2, -0.15) is 0 Å². The fraction of sp³-hybridized carbons (Fsp3) is 0.125. The Kier molecular flexibility index (Phi) is 4.45. The molecule has 0 aliphatic carbocycles. The quantitative estimate of drug-likeness (QED) is 0.657. The van der Waals surface area contributed by atoms with Gasteiger partial charge in [0, 0.05) is 36.3 Å². The van der Waals surface area contributed by atoms with Crippen molar-refractivity contribution >= 4 is 5.78 Å². The Balaban J connectivity index is 1.94. The Bertz CT molecular complexity index is 562. The highest BCUT2D eigenvalue weighted by molar-refractivity contribution is 6.04. The summed E-state index contributed by atoms with van der Waals surface area (Å²) in [7, 11) is 0. The van der Waals surface area contributed by atoms with Gasteiger partial charge in [0.25, 0.3) is 0 Å². The molecule has 0 bridgehead atoms. The van der Waals surface area contributed by atoms with Crippen molar-refractivity contribution in [2.45, 2.75) is 13.5 Å². The molecule has 0 fully saturated rings. The standard InChI is InChI=1S/C16H16N2O/c1-13(18-11-14-6-3-2-4-7-14)10-16(19)15-8-5-9-17-12-15/h2-10,12,18H,11H2,1H3. The van der Waals surface area contributed by atoms with Crippen LogP contribution < -0.4 is 5.32 Å². The molecule has 96 valence electrons. The van der Waals surface area contributed by atoms with Crippen LogP contribution in [0.2, 0.25) is 0 Å². The zero-order chi connectivity index (χ0) is 13.5. The summed E-state index contributed by atoms with van der Waals surface area (Å²) < 4.78 is 0. The molecule has 2 aromatic rings. The number of ketones is 1. The lowest BCUT2D eigenvalue weighted by atomic mass is 10.1. The molecule has 0 amide bonds. The van der Waals surface area contributed by atoms with Crippen LogP contribution in [0.25, 0.3) is 0 Å². The molecule has 0 radical (unpaired) electrons. The molecular weight excluding hydrogens is 236 g/mol. The summed E-state index contributed by atoms with van der Waals surface area (Å²) in [6.07, 6.45) is 4.82. The lowest BCUT2D eigenvalue weighted by Crippen LogP contribution is -2.12. The van der Waals surface area contributed by atoms with Crippen LogP contribution in [0.3, 0.4) is 0 Å². The van der Waals surface area contributed by atoms with Crippen LogP contribution in [0.5, 0.6) is 0 Å². The second-order valence-electron chi connectivity index (χ2n) is 4.27. The fourth-order valence-corrected chi connectivity index (χ4v) is 1.68. The van der Waals surface area contributed by atoms with E-state index in [1.165, 1.54) is 5.56 Å². The smallest absolute Gasteiger partial charge is 0.189 e. The molecule has 0 aliphatic rings. The lowest BCUT2D eigenvalue weighted by Gasteiger charge is -2.06. The highest BCUT2D eigenvalue weighted by Crippen LogP contribution is 2.02. The van der Waals surface area contributed by atoms with Crippen molar-refractivity contribution in [3.63, 3.8) is 0 Å². The molecular formula is C16H16N2O. The van der Waals surface area contributed by atoms with Crippen LogP contribution in [0, 0.1) is 0 Å². The van der Waals surface area contributed by atoms with Crippen LogP contribution in [-0.4, -0.2) is 10.8 Å². The largest absolute Gasteiger partial charge is 0.384 e. The number of hydrogen-bond donors (Lipinski definition) is 1. The number of aromatic nitrogens is 1. The van der Waals surface area contributed by atoms with E-state index in [1.54, 1.807) is 30.6 Å². The van der Waals surface area contributed by atoms with E-state index < -0.39 is 0 Å². The molecule has 1 aromatic heterocycles. The summed E-state index contributed by atoms with van der Waals surface area (Å²) in [6, 6.07) is 13.6. The zero-order valence-corrected chi connectivity index (χ0v) is 10.8. The van der Waals surface area contributed by atoms with Gasteiger partial charge in [0.15, 0.2) is 5.78 Å². The molecule has 3 heteroatoms. The topological polar surface area (TPSA) is 42.0 Å². The third kappa shape index (κ3) is 4.07. The fourth-order valence-electron chi connectivity index (χ4n) is 1.68. The van der Waals surface area contributed by atoms with E-state index in [2.05, 4.69) is 10.3 Å². The Labute approximate surface area is 113 Å². The third-order valence-electron chi connectivity index (χ3n) is 2.71. The van der Waals surface area contributed by atoms with Gasteiger partial charge in [-0.15, -0.1) is 0 Å². The SMILES string of the molecule is CC(=CC(=O)c1cccnc1)NCc1ccccc1. The van der Waals surface area contributed by atoms with Crippen LogP contribution in [0.15, 0.2) is 66.6 Å². The normalized spacial score (nSPS) is 11.1. The van der Waals surface area contributed by atoms with E-state index in [-0.39, 0.29) is 5.78 Å². The van der Waals surface area contributed by atoms with Gasteiger partial charge < -0.3 is 5.32 Å². The molecule has 0 saturated carbocycles. The van der Waals surface area contributed by atoms with Crippen molar-refractivity contribution in [2.75, 3.05) is 0 Å². The summed E-state index contributed by atoms with van der Waals surface area (Å²) in [6.45, 7) is 2.60. The predicted molar refractivity (Wildman–Crippen MR) is 75.6 cm³/mol. The average Bonchev–Trinajstić information content (AvgIpc) is 2.47. The van der Waals surface area contributed by atoms with Gasteiger partial charge in [0.2, 0.25) is 0 Å². The minimum absolute atomic E-state index is 0.0360. The molecule has 1 heterocycles. The molecule has 0 spiro atoms. The Morgan fingerprint density at radius 2 is 2.00 bits per heavy atom. The van der Waals surface area contributed by atoms with Crippen LogP contribution in [0.1, 0.15) is 22.8 Å². The lowest BCUT2D eigenvalue weighted by molar-refractivity contribution is 0.104. The van der Waals surface area contributed by atoms with Crippen molar-refractivity contribution in [3.8, 4) is 0 Å². The number of nitrogens with zero attached hydrogens (tertiary/aromatic N) is 1. The molecule has 0 atom stereocenters. The van der Waals surface area contributed by atoms with Crippen molar-refractivity contribution in [3.05, 3.63) is 77.8 Å². The summed E-state index contributed by atoms with van der Waals surface area (Å²) in [4.78, 5) is 15.8. The Morgan fingerprint density at radius 3 is 2.68 bits per heavy atom. The molecule has 0 aliphatic heterocycles. The maximum absolute atomic E-state index is 11.9. The highest BCUT2D eigenvalue weighted by Gasteiger charge is 2.02. The Morgan fingerprint density at radius 1 is 1.21 bits per heavy atom. The van der Waals surface area contributed by atoms with Gasteiger partial charge in [0.05, 0.1) is 0 Å². The third-order valence-corrected chi connectivity index (χ3v) is 2.71. The molecule has 0 unspecified atom stereocenters. The maximum Gasteiger partial charge on any atom is 0.189 e. The number of carbonyl (C=O) groups is 1. The number of hydrogen-bond acceptors (Lipinski definition) is 3.